The molecule has 1 N–H and O–H groups in total. The molecule has 5 nitrogen and oxygen atoms in total. The minimum Gasteiger partial charge on any atom is -0.504 e. The molecule has 0 amide bonds. The molecule has 126 valence electrons. The number of ether oxygens (including phenoxy) is 2. The summed E-state index contributed by atoms with van der Waals surface area (Å²) in [5.74, 6) is 0.875. The Bertz CT molecular complexity index is 795. The first-order valence-electron chi connectivity index (χ1n) is 8.14. The third-order valence-corrected chi connectivity index (χ3v) is 5.70. The van der Waals surface area contributed by atoms with Gasteiger partial charge in [-0.05, 0) is 55.8 Å². The second-order valence-electron chi connectivity index (χ2n) is 6.75. The number of methoxy groups -OCH3 is 2. The Hall–Kier alpha value is -2.27. The van der Waals surface area contributed by atoms with Crippen molar-refractivity contribution in [3.05, 3.63) is 46.7 Å². The zero-order valence-corrected chi connectivity index (χ0v) is 14.1. The molecule has 1 unspecified atom stereocenters. The van der Waals surface area contributed by atoms with Crippen molar-refractivity contribution in [3.8, 4) is 11.5 Å². The molecule has 0 radical (unpaired) electrons. The molecule has 2 bridgehead atoms. The number of carbonyl (C=O) groups excluding carboxylic acids is 1. The van der Waals surface area contributed by atoms with Crippen molar-refractivity contribution in [2.45, 2.75) is 24.3 Å². The topological polar surface area (TPSA) is 59.0 Å². The van der Waals surface area contributed by atoms with Crippen molar-refractivity contribution in [1.82, 2.24) is 4.90 Å². The van der Waals surface area contributed by atoms with Crippen LogP contribution in [0.1, 0.15) is 17.5 Å². The number of nitrogens with zero attached hydrogens (tertiary/aromatic N) is 1. The largest absolute Gasteiger partial charge is 0.504 e. The second kappa shape index (κ2) is 5.11. The van der Waals surface area contributed by atoms with Crippen LogP contribution in [-0.4, -0.2) is 49.6 Å². The van der Waals surface area contributed by atoms with Gasteiger partial charge in [0.25, 0.3) is 0 Å². The summed E-state index contributed by atoms with van der Waals surface area (Å²) in [7, 11) is 5.15. The summed E-state index contributed by atoms with van der Waals surface area (Å²) >= 11 is 0. The van der Waals surface area contributed by atoms with E-state index in [0.29, 0.717) is 11.5 Å². The Morgan fingerprint density at radius 1 is 1.29 bits per heavy atom. The first kappa shape index (κ1) is 15.3. The summed E-state index contributed by atoms with van der Waals surface area (Å²) in [6.45, 7) is 0.889. The van der Waals surface area contributed by atoms with Crippen LogP contribution in [0.15, 0.2) is 35.6 Å². The van der Waals surface area contributed by atoms with E-state index in [-0.39, 0.29) is 17.6 Å². The number of fused-ring (bicyclic) bond motifs is 1. The maximum absolute atomic E-state index is 12.4. The predicted octanol–water partition coefficient (Wildman–Crippen LogP) is 1.94. The third-order valence-electron chi connectivity index (χ3n) is 5.70. The molecule has 0 spiro atoms. The fourth-order valence-electron chi connectivity index (χ4n) is 4.50. The van der Waals surface area contributed by atoms with E-state index in [1.807, 2.05) is 18.2 Å². The number of rotatable bonds is 2. The highest BCUT2D eigenvalue weighted by atomic mass is 16.5. The molecule has 2 aliphatic carbocycles. The van der Waals surface area contributed by atoms with Gasteiger partial charge in [-0.2, -0.15) is 0 Å². The fraction of sp³-hybridized carbons (Fsp3) is 0.421. The molecule has 1 aromatic rings. The minimum atomic E-state index is -0.497. The summed E-state index contributed by atoms with van der Waals surface area (Å²) in [5, 5.41) is 10.9. The zero-order chi connectivity index (χ0) is 17.1. The smallest absolute Gasteiger partial charge is 0.220 e. The normalized spacial score (nSPS) is 28.5. The number of likely N-dealkylation sites (tertiary alicyclic amines) is 1. The SMILES string of the molecule is COC1=C[C@]23CCN(C)C(Cc4ccc(OC)c(O)c42)C3=CC1=O. The number of ketones is 1. The van der Waals surface area contributed by atoms with E-state index in [1.54, 1.807) is 13.2 Å². The Kier molecular flexibility index (Phi) is 3.25. The maximum atomic E-state index is 12.4. The molecular formula is C19H21NO4. The van der Waals surface area contributed by atoms with Gasteiger partial charge in [-0.3, -0.25) is 9.69 Å². The van der Waals surface area contributed by atoms with Gasteiger partial charge < -0.3 is 14.6 Å². The minimum absolute atomic E-state index is 0.103. The van der Waals surface area contributed by atoms with Crippen molar-refractivity contribution >= 4 is 5.78 Å². The summed E-state index contributed by atoms with van der Waals surface area (Å²) in [6, 6.07) is 4.00. The highest BCUT2D eigenvalue weighted by molar-refractivity contribution is 6.05. The lowest BCUT2D eigenvalue weighted by molar-refractivity contribution is -0.114. The van der Waals surface area contributed by atoms with Crippen LogP contribution >= 0.6 is 0 Å². The van der Waals surface area contributed by atoms with Crippen LogP contribution in [0.5, 0.6) is 11.5 Å². The van der Waals surface area contributed by atoms with Gasteiger partial charge >= 0.3 is 0 Å². The molecule has 0 aromatic heterocycles. The van der Waals surface area contributed by atoms with E-state index in [1.165, 1.54) is 7.11 Å². The van der Waals surface area contributed by atoms with Gasteiger partial charge in [-0.1, -0.05) is 6.07 Å². The number of aromatic hydroxyl groups is 1. The van der Waals surface area contributed by atoms with Gasteiger partial charge in [0, 0.05) is 17.0 Å². The van der Waals surface area contributed by atoms with Crippen LogP contribution in [0.2, 0.25) is 0 Å². The van der Waals surface area contributed by atoms with Crippen molar-refractivity contribution < 1.29 is 19.4 Å². The van der Waals surface area contributed by atoms with Crippen LogP contribution in [0, 0.1) is 0 Å². The second-order valence-corrected chi connectivity index (χ2v) is 6.75. The highest BCUT2D eigenvalue weighted by Gasteiger charge is 2.52. The molecule has 2 atom stereocenters. The molecule has 5 heteroatoms. The molecule has 0 saturated carbocycles. The van der Waals surface area contributed by atoms with E-state index >= 15 is 0 Å². The molecule has 1 saturated heterocycles. The van der Waals surface area contributed by atoms with E-state index in [0.717, 1.165) is 36.1 Å². The number of likely N-dealkylation sites (N-methyl/N-ethyl adjacent to an activating group) is 1. The van der Waals surface area contributed by atoms with E-state index in [2.05, 4.69) is 11.9 Å². The van der Waals surface area contributed by atoms with Gasteiger partial charge in [-0.15, -0.1) is 0 Å². The van der Waals surface area contributed by atoms with Crippen molar-refractivity contribution in [3.63, 3.8) is 0 Å². The number of hydrogen-bond donors (Lipinski definition) is 1. The summed E-state index contributed by atoms with van der Waals surface area (Å²) < 4.78 is 10.6. The summed E-state index contributed by atoms with van der Waals surface area (Å²) in [5.41, 5.74) is 2.52. The zero-order valence-electron chi connectivity index (χ0n) is 14.1. The predicted molar refractivity (Wildman–Crippen MR) is 89.3 cm³/mol. The van der Waals surface area contributed by atoms with Crippen molar-refractivity contribution in [2.24, 2.45) is 0 Å². The van der Waals surface area contributed by atoms with Gasteiger partial charge in [0.1, 0.15) is 0 Å². The highest BCUT2D eigenvalue weighted by Crippen LogP contribution is 2.55. The van der Waals surface area contributed by atoms with Crippen LogP contribution in [0.4, 0.5) is 0 Å². The van der Waals surface area contributed by atoms with Gasteiger partial charge in [0.2, 0.25) is 5.78 Å². The number of allylic oxidation sites excluding steroid dienone is 2. The molecule has 1 aliphatic heterocycles. The number of phenols is 1. The van der Waals surface area contributed by atoms with Crippen LogP contribution < -0.4 is 4.74 Å². The first-order valence-corrected chi connectivity index (χ1v) is 8.14. The Balaban J connectivity index is 2.03. The average molecular weight is 327 g/mol. The molecule has 1 aromatic carbocycles. The maximum Gasteiger partial charge on any atom is 0.220 e. The van der Waals surface area contributed by atoms with Gasteiger partial charge in [-0.25, -0.2) is 0 Å². The number of benzene rings is 1. The lowest BCUT2D eigenvalue weighted by atomic mass is 9.58. The van der Waals surface area contributed by atoms with Crippen LogP contribution in [0.25, 0.3) is 0 Å². The van der Waals surface area contributed by atoms with E-state index < -0.39 is 5.41 Å². The number of hydrogen-bond acceptors (Lipinski definition) is 5. The lowest BCUT2D eigenvalue weighted by Gasteiger charge is -2.52. The first-order chi connectivity index (χ1) is 11.5. The van der Waals surface area contributed by atoms with Crippen LogP contribution in [-0.2, 0) is 21.4 Å². The lowest BCUT2D eigenvalue weighted by Crippen LogP contribution is -2.54. The van der Waals surface area contributed by atoms with E-state index in [9.17, 15) is 9.90 Å². The van der Waals surface area contributed by atoms with Gasteiger partial charge in [0.05, 0.1) is 14.2 Å². The standard InChI is InChI=1S/C19H21NO4/c1-20-7-6-19-10-16(24-3)14(21)9-12(19)13(20)8-11-4-5-15(23-2)18(22)17(11)19/h4-5,9-10,13,22H,6-8H2,1-3H3/t13?,19-/m0/s1. The Morgan fingerprint density at radius 3 is 2.79 bits per heavy atom. The van der Waals surface area contributed by atoms with Crippen molar-refractivity contribution in [1.29, 1.82) is 0 Å². The summed E-state index contributed by atoms with van der Waals surface area (Å²) in [6.07, 6.45) is 5.18. The van der Waals surface area contributed by atoms with Gasteiger partial charge in [0.15, 0.2) is 17.3 Å². The average Bonchev–Trinajstić information content (AvgIpc) is 2.58. The molecule has 1 fully saturated rings. The van der Waals surface area contributed by atoms with Crippen molar-refractivity contribution in [2.75, 3.05) is 27.8 Å². The fourth-order valence-corrected chi connectivity index (χ4v) is 4.50. The number of piperidine rings is 1. The quantitative estimate of drug-likeness (QED) is 0.899. The third kappa shape index (κ3) is 1.82. The van der Waals surface area contributed by atoms with Crippen LogP contribution in [0.3, 0.4) is 0 Å². The molecule has 24 heavy (non-hydrogen) atoms. The summed E-state index contributed by atoms with van der Waals surface area (Å²) in [4.78, 5) is 14.6. The Labute approximate surface area is 141 Å². The van der Waals surface area contributed by atoms with E-state index in [4.69, 9.17) is 9.47 Å². The number of phenolic OH excluding ortho intramolecular Hbond substituents is 1. The Morgan fingerprint density at radius 2 is 2.08 bits per heavy atom. The molecular weight excluding hydrogens is 306 g/mol. The number of carbonyl (C=O) groups is 1. The molecule has 1 heterocycles. The molecule has 3 aliphatic rings. The monoisotopic (exact) mass is 327 g/mol. The molecule has 4 rings (SSSR count).